The van der Waals surface area contributed by atoms with E-state index in [0.717, 1.165) is 28.9 Å². The van der Waals surface area contributed by atoms with E-state index < -0.39 is 12.0 Å². The van der Waals surface area contributed by atoms with Gasteiger partial charge >= 0.3 is 5.97 Å². The maximum absolute atomic E-state index is 11.1. The van der Waals surface area contributed by atoms with E-state index in [-0.39, 0.29) is 0 Å². The van der Waals surface area contributed by atoms with Crippen LogP contribution < -0.4 is 10.1 Å². The summed E-state index contributed by atoms with van der Waals surface area (Å²) in [5, 5.41) is 12.1. The minimum Gasteiger partial charge on any atom is -0.496 e. The van der Waals surface area contributed by atoms with Crippen molar-refractivity contribution in [3.63, 3.8) is 0 Å². The lowest BCUT2D eigenvalue weighted by molar-refractivity contribution is -0.139. The lowest BCUT2D eigenvalue weighted by Crippen LogP contribution is -2.35. The van der Waals surface area contributed by atoms with Crippen LogP contribution in [0.5, 0.6) is 5.75 Å². The number of hydrogen-bond acceptors (Lipinski definition) is 3. The van der Waals surface area contributed by atoms with Crippen molar-refractivity contribution >= 4 is 5.97 Å². The average molecular weight is 221 g/mol. The summed E-state index contributed by atoms with van der Waals surface area (Å²) in [5.41, 5.74) is 2.86. The normalized spacial score (nSPS) is 19.0. The van der Waals surface area contributed by atoms with E-state index in [1.807, 2.05) is 19.1 Å². The van der Waals surface area contributed by atoms with Crippen molar-refractivity contribution in [2.75, 3.05) is 13.7 Å². The number of ether oxygens (including phenoxy) is 1. The first-order valence-corrected chi connectivity index (χ1v) is 5.27. The van der Waals surface area contributed by atoms with Crippen LogP contribution in [0.2, 0.25) is 0 Å². The summed E-state index contributed by atoms with van der Waals surface area (Å²) in [6.07, 6.45) is 0.808. The summed E-state index contributed by atoms with van der Waals surface area (Å²) in [7, 11) is 1.62. The van der Waals surface area contributed by atoms with Crippen molar-refractivity contribution in [1.29, 1.82) is 0 Å². The van der Waals surface area contributed by atoms with Gasteiger partial charge in [0.1, 0.15) is 11.8 Å². The molecule has 0 amide bonds. The van der Waals surface area contributed by atoms with Crippen molar-refractivity contribution in [2.24, 2.45) is 0 Å². The first kappa shape index (κ1) is 11.0. The molecule has 2 rings (SSSR count). The Morgan fingerprint density at radius 3 is 2.94 bits per heavy atom. The van der Waals surface area contributed by atoms with Gasteiger partial charge in [-0.05, 0) is 30.5 Å². The number of methoxy groups -OCH3 is 1. The third kappa shape index (κ3) is 1.76. The Kier molecular flexibility index (Phi) is 2.83. The van der Waals surface area contributed by atoms with Gasteiger partial charge in [0, 0.05) is 12.1 Å². The van der Waals surface area contributed by atoms with Gasteiger partial charge in [0.15, 0.2) is 0 Å². The number of aryl methyl sites for hydroxylation is 1. The van der Waals surface area contributed by atoms with Crippen molar-refractivity contribution in [3.8, 4) is 5.75 Å². The molecule has 4 heteroatoms. The van der Waals surface area contributed by atoms with Gasteiger partial charge in [0.2, 0.25) is 0 Å². The SMILES string of the molecule is COc1cc(C)cc2c1CCNC2C(=O)O. The molecule has 0 aromatic heterocycles. The smallest absolute Gasteiger partial charge is 0.325 e. The molecule has 0 aliphatic carbocycles. The second kappa shape index (κ2) is 4.14. The fourth-order valence-electron chi connectivity index (χ4n) is 2.19. The minimum absolute atomic E-state index is 0.613. The molecule has 0 saturated heterocycles. The Labute approximate surface area is 94.2 Å². The van der Waals surface area contributed by atoms with Gasteiger partial charge in [-0.25, -0.2) is 0 Å². The van der Waals surface area contributed by atoms with Crippen LogP contribution in [0.3, 0.4) is 0 Å². The van der Waals surface area contributed by atoms with Crippen molar-refractivity contribution < 1.29 is 14.6 Å². The van der Waals surface area contributed by atoms with Crippen LogP contribution in [0.1, 0.15) is 22.7 Å². The molecule has 86 valence electrons. The van der Waals surface area contributed by atoms with Gasteiger partial charge in [-0.2, -0.15) is 0 Å². The van der Waals surface area contributed by atoms with Crippen LogP contribution in [-0.2, 0) is 11.2 Å². The topological polar surface area (TPSA) is 58.6 Å². The number of carbonyl (C=O) groups is 1. The number of fused-ring (bicyclic) bond motifs is 1. The summed E-state index contributed by atoms with van der Waals surface area (Å²) in [4.78, 5) is 11.1. The Hall–Kier alpha value is -1.55. The van der Waals surface area contributed by atoms with Gasteiger partial charge in [-0.15, -0.1) is 0 Å². The van der Waals surface area contributed by atoms with E-state index >= 15 is 0 Å². The predicted octanol–water partition coefficient (Wildman–Crippen LogP) is 1.28. The predicted molar refractivity (Wildman–Crippen MR) is 59.8 cm³/mol. The number of carboxylic acids is 1. The average Bonchev–Trinajstić information content (AvgIpc) is 2.26. The van der Waals surface area contributed by atoms with Crippen LogP contribution in [-0.4, -0.2) is 24.7 Å². The zero-order valence-corrected chi connectivity index (χ0v) is 9.41. The van der Waals surface area contributed by atoms with Gasteiger partial charge in [-0.3, -0.25) is 4.79 Å². The lowest BCUT2D eigenvalue weighted by Gasteiger charge is -2.25. The maximum atomic E-state index is 11.1. The summed E-state index contributed by atoms with van der Waals surface area (Å²) in [6.45, 7) is 2.61. The summed E-state index contributed by atoms with van der Waals surface area (Å²) >= 11 is 0. The molecule has 1 unspecified atom stereocenters. The first-order valence-electron chi connectivity index (χ1n) is 5.27. The van der Waals surface area contributed by atoms with E-state index in [1.54, 1.807) is 7.11 Å². The molecule has 16 heavy (non-hydrogen) atoms. The maximum Gasteiger partial charge on any atom is 0.325 e. The fourth-order valence-corrected chi connectivity index (χ4v) is 2.19. The van der Waals surface area contributed by atoms with E-state index in [2.05, 4.69) is 5.32 Å². The standard InChI is InChI=1S/C12H15NO3/c1-7-5-9-8(10(6-7)16-2)3-4-13-11(9)12(14)15/h5-6,11,13H,3-4H2,1-2H3,(H,14,15). The highest BCUT2D eigenvalue weighted by Gasteiger charge is 2.27. The highest BCUT2D eigenvalue weighted by atomic mass is 16.5. The third-order valence-electron chi connectivity index (χ3n) is 2.89. The lowest BCUT2D eigenvalue weighted by atomic mass is 9.92. The van der Waals surface area contributed by atoms with Gasteiger partial charge in [0.05, 0.1) is 7.11 Å². The molecule has 1 aliphatic rings. The highest BCUT2D eigenvalue weighted by Crippen LogP contribution is 2.31. The molecule has 1 aromatic carbocycles. The second-order valence-corrected chi connectivity index (χ2v) is 4.01. The fraction of sp³-hybridized carbons (Fsp3) is 0.417. The number of aliphatic carboxylic acids is 1. The quantitative estimate of drug-likeness (QED) is 0.789. The van der Waals surface area contributed by atoms with Crippen molar-refractivity contribution in [1.82, 2.24) is 5.32 Å². The molecule has 1 heterocycles. The van der Waals surface area contributed by atoms with Crippen LogP contribution in [0, 0.1) is 6.92 Å². The molecular weight excluding hydrogens is 206 g/mol. The molecule has 2 N–H and O–H groups in total. The first-order chi connectivity index (χ1) is 7.63. The molecule has 1 aliphatic heterocycles. The third-order valence-corrected chi connectivity index (χ3v) is 2.89. The molecule has 0 fully saturated rings. The van der Waals surface area contributed by atoms with E-state index in [1.165, 1.54) is 0 Å². The minimum atomic E-state index is -0.839. The number of nitrogens with one attached hydrogen (secondary N) is 1. The Bertz CT molecular complexity index is 429. The Morgan fingerprint density at radius 2 is 2.31 bits per heavy atom. The van der Waals surface area contributed by atoms with Crippen LogP contribution in [0.25, 0.3) is 0 Å². The summed E-state index contributed by atoms with van der Waals surface area (Å²) in [5.74, 6) is -0.0450. The monoisotopic (exact) mass is 221 g/mol. The number of rotatable bonds is 2. The zero-order chi connectivity index (χ0) is 11.7. The van der Waals surface area contributed by atoms with Gasteiger partial charge in [0.25, 0.3) is 0 Å². The highest BCUT2D eigenvalue weighted by molar-refractivity contribution is 5.77. The molecule has 0 spiro atoms. The summed E-state index contributed by atoms with van der Waals surface area (Å²) < 4.78 is 5.30. The van der Waals surface area contributed by atoms with Crippen LogP contribution in [0.4, 0.5) is 0 Å². The molecular formula is C12H15NO3. The number of carboxylic acid groups (broad SMARTS) is 1. The molecule has 0 radical (unpaired) electrons. The Morgan fingerprint density at radius 1 is 1.56 bits per heavy atom. The van der Waals surface area contributed by atoms with Gasteiger partial charge < -0.3 is 15.2 Å². The molecule has 4 nitrogen and oxygen atoms in total. The van der Waals surface area contributed by atoms with Crippen LogP contribution >= 0.6 is 0 Å². The van der Waals surface area contributed by atoms with E-state index in [9.17, 15) is 4.79 Å². The Balaban J connectivity index is 2.55. The van der Waals surface area contributed by atoms with Gasteiger partial charge in [-0.1, -0.05) is 6.07 Å². The zero-order valence-electron chi connectivity index (χ0n) is 9.41. The second-order valence-electron chi connectivity index (χ2n) is 4.01. The largest absolute Gasteiger partial charge is 0.496 e. The van der Waals surface area contributed by atoms with Crippen molar-refractivity contribution in [3.05, 3.63) is 28.8 Å². The summed E-state index contributed by atoms with van der Waals surface area (Å²) in [6, 6.07) is 3.25. The van der Waals surface area contributed by atoms with E-state index in [4.69, 9.17) is 9.84 Å². The van der Waals surface area contributed by atoms with Crippen molar-refractivity contribution in [2.45, 2.75) is 19.4 Å². The molecule has 0 bridgehead atoms. The molecule has 1 atom stereocenters. The van der Waals surface area contributed by atoms with E-state index in [0.29, 0.717) is 6.54 Å². The van der Waals surface area contributed by atoms with Crippen LogP contribution in [0.15, 0.2) is 12.1 Å². The number of benzene rings is 1. The number of hydrogen-bond donors (Lipinski definition) is 2. The molecule has 1 aromatic rings. The molecule has 0 saturated carbocycles.